The molecule has 5 rings (SSSR count). The summed E-state index contributed by atoms with van der Waals surface area (Å²) in [6.07, 6.45) is 6.98. The molecule has 2 aromatic heterocycles. The van der Waals surface area contributed by atoms with Crippen LogP contribution in [0.1, 0.15) is 57.4 Å². The molecule has 2 atom stereocenters. The van der Waals surface area contributed by atoms with Crippen LogP contribution in [0.2, 0.25) is 5.02 Å². The van der Waals surface area contributed by atoms with Crippen molar-refractivity contribution < 1.29 is 18.7 Å². The third kappa shape index (κ3) is 4.94. The second-order valence-corrected chi connectivity index (χ2v) is 10.0. The van der Waals surface area contributed by atoms with Crippen LogP contribution in [0, 0.1) is 17.6 Å². The predicted molar refractivity (Wildman–Crippen MR) is 132 cm³/mol. The lowest BCUT2D eigenvalue weighted by molar-refractivity contribution is -0.122. The number of anilines is 3. The normalized spacial score (nSPS) is 24.6. The van der Waals surface area contributed by atoms with Gasteiger partial charge in [0.25, 0.3) is 0 Å². The Hall–Kier alpha value is -3.05. The van der Waals surface area contributed by atoms with Crippen LogP contribution in [-0.4, -0.2) is 42.7 Å². The van der Waals surface area contributed by atoms with Crippen molar-refractivity contribution in [2.24, 2.45) is 11.7 Å². The van der Waals surface area contributed by atoms with Crippen molar-refractivity contribution >= 4 is 46.3 Å². The number of benzene rings is 1. The van der Waals surface area contributed by atoms with Crippen molar-refractivity contribution in [1.29, 1.82) is 0 Å². The van der Waals surface area contributed by atoms with E-state index in [1.807, 2.05) is 4.57 Å². The fourth-order valence-electron chi connectivity index (χ4n) is 5.23. The van der Waals surface area contributed by atoms with E-state index in [4.69, 9.17) is 17.3 Å². The molecule has 0 aliphatic heterocycles. The summed E-state index contributed by atoms with van der Waals surface area (Å²) in [6, 6.07) is 1.76. The summed E-state index contributed by atoms with van der Waals surface area (Å²) in [5, 5.41) is 16.3. The van der Waals surface area contributed by atoms with E-state index in [-0.39, 0.29) is 40.6 Å². The second-order valence-electron chi connectivity index (χ2n) is 9.59. The Labute approximate surface area is 211 Å². The zero-order valence-corrected chi connectivity index (χ0v) is 20.3. The van der Waals surface area contributed by atoms with E-state index in [0.29, 0.717) is 49.2 Å². The van der Waals surface area contributed by atoms with Gasteiger partial charge in [-0.1, -0.05) is 24.4 Å². The highest BCUT2D eigenvalue weighted by Crippen LogP contribution is 2.38. The van der Waals surface area contributed by atoms with E-state index >= 15 is 0 Å². The molecule has 0 saturated heterocycles. The number of primary amides is 1. The average Bonchev–Trinajstić information content (AvgIpc) is 3.20. The quantitative estimate of drug-likeness (QED) is 0.379. The van der Waals surface area contributed by atoms with Crippen molar-refractivity contribution in [3.8, 4) is 0 Å². The van der Waals surface area contributed by atoms with Gasteiger partial charge in [-0.25, -0.2) is 18.7 Å². The number of imidazole rings is 1. The summed E-state index contributed by atoms with van der Waals surface area (Å²) >= 11 is 5.78. The first-order valence-corrected chi connectivity index (χ1v) is 12.6. The Bertz CT molecular complexity index is 1260. The van der Waals surface area contributed by atoms with Gasteiger partial charge in [0, 0.05) is 17.0 Å². The fraction of sp³-hybridized carbons (Fsp3) is 0.500. The van der Waals surface area contributed by atoms with Crippen LogP contribution in [0.15, 0.2) is 18.3 Å². The van der Waals surface area contributed by atoms with E-state index in [1.165, 1.54) is 0 Å². The Balaban J connectivity index is 1.53. The first-order valence-electron chi connectivity index (χ1n) is 12.2. The number of nitrogens with zero attached hydrogens (tertiary/aromatic N) is 4. The van der Waals surface area contributed by atoms with Crippen molar-refractivity contribution in [2.75, 3.05) is 10.6 Å². The summed E-state index contributed by atoms with van der Waals surface area (Å²) in [4.78, 5) is 25.3. The topological polar surface area (TPSA) is 131 Å². The monoisotopic (exact) mass is 519 g/mol. The molecule has 36 heavy (non-hydrogen) atoms. The SMILES string of the molecule is NC(=O)[C@H]1CC[C@@H](n2c(Nc3c(F)cc(Cl)cc3F)nc3cnc(NC4CCCC[C@H]4O)nc32)CC1. The molecule has 2 saturated carbocycles. The van der Waals surface area contributed by atoms with E-state index in [9.17, 15) is 18.7 Å². The predicted octanol–water partition coefficient (Wildman–Crippen LogP) is 4.43. The van der Waals surface area contributed by atoms with Gasteiger partial charge in [0.1, 0.15) is 11.2 Å². The van der Waals surface area contributed by atoms with Crippen LogP contribution < -0.4 is 16.4 Å². The number of aliphatic hydroxyl groups excluding tert-OH is 1. The molecule has 3 aromatic rings. The maximum Gasteiger partial charge on any atom is 0.225 e. The highest BCUT2D eigenvalue weighted by Gasteiger charge is 2.30. The number of aromatic nitrogens is 4. The van der Waals surface area contributed by atoms with Gasteiger partial charge < -0.3 is 21.5 Å². The molecule has 0 spiro atoms. The zero-order chi connectivity index (χ0) is 25.4. The van der Waals surface area contributed by atoms with E-state index in [1.54, 1.807) is 6.20 Å². The smallest absolute Gasteiger partial charge is 0.225 e. The molecule has 9 nitrogen and oxygen atoms in total. The number of rotatable bonds is 6. The maximum absolute atomic E-state index is 14.6. The number of carbonyl (C=O) groups excluding carboxylic acids is 1. The third-order valence-electron chi connectivity index (χ3n) is 7.18. The average molecular weight is 520 g/mol. The molecule has 1 aromatic carbocycles. The van der Waals surface area contributed by atoms with Crippen molar-refractivity contribution in [3.63, 3.8) is 0 Å². The number of hydrogen-bond acceptors (Lipinski definition) is 7. The van der Waals surface area contributed by atoms with Gasteiger partial charge in [0.15, 0.2) is 17.3 Å². The number of aliphatic hydroxyl groups is 1. The van der Waals surface area contributed by atoms with Crippen molar-refractivity contribution in [2.45, 2.75) is 69.6 Å². The molecule has 2 fully saturated rings. The molecule has 1 unspecified atom stereocenters. The Morgan fingerprint density at radius 1 is 1.08 bits per heavy atom. The summed E-state index contributed by atoms with van der Waals surface area (Å²) in [5.74, 6) is -1.69. The first kappa shape index (κ1) is 24.6. The molecule has 0 bridgehead atoms. The van der Waals surface area contributed by atoms with Crippen LogP contribution in [0.4, 0.5) is 26.4 Å². The highest BCUT2D eigenvalue weighted by molar-refractivity contribution is 6.30. The number of amides is 1. The van der Waals surface area contributed by atoms with E-state index < -0.39 is 17.7 Å². The maximum atomic E-state index is 14.6. The number of hydrogen-bond donors (Lipinski definition) is 4. The Morgan fingerprint density at radius 3 is 2.44 bits per heavy atom. The molecule has 5 N–H and O–H groups in total. The van der Waals surface area contributed by atoms with E-state index in [0.717, 1.165) is 31.4 Å². The Kier molecular flexibility index (Phi) is 6.94. The van der Waals surface area contributed by atoms with Gasteiger partial charge in [-0.3, -0.25) is 9.36 Å². The van der Waals surface area contributed by atoms with Crippen LogP contribution >= 0.6 is 11.6 Å². The molecule has 2 aliphatic rings. The summed E-state index contributed by atoms with van der Waals surface area (Å²) in [5.41, 5.74) is 6.06. The number of carbonyl (C=O) groups is 1. The van der Waals surface area contributed by atoms with Gasteiger partial charge in [-0.05, 0) is 50.7 Å². The minimum absolute atomic E-state index is 0.0553. The van der Waals surface area contributed by atoms with Gasteiger partial charge in [0.2, 0.25) is 17.8 Å². The third-order valence-corrected chi connectivity index (χ3v) is 7.40. The van der Waals surface area contributed by atoms with Crippen LogP contribution in [0.3, 0.4) is 0 Å². The summed E-state index contributed by atoms with van der Waals surface area (Å²) in [6.45, 7) is 0. The molecule has 0 radical (unpaired) electrons. The number of nitrogens with one attached hydrogen (secondary N) is 2. The standard InChI is InChI=1S/C24H28ClF2N7O2/c25-13-9-15(26)20(16(27)10-13)32-24-31-18-11-29-23(30-17-3-1-2-4-19(17)35)33-22(18)34(24)14-7-5-12(6-8-14)21(28)36/h9-12,14,17,19,35H,1-8H2,(H2,28,36)(H,31,32)(H,29,30,33)/t12-,14+,17?,19-/m1/s1. The number of fused-ring (bicyclic) bond motifs is 1. The highest BCUT2D eigenvalue weighted by atomic mass is 35.5. The first-order chi connectivity index (χ1) is 17.3. The molecule has 2 heterocycles. The lowest BCUT2D eigenvalue weighted by atomic mass is 9.85. The summed E-state index contributed by atoms with van der Waals surface area (Å²) in [7, 11) is 0. The largest absolute Gasteiger partial charge is 0.391 e. The zero-order valence-electron chi connectivity index (χ0n) is 19.6. The molecule has 12 heteroatoms. The Morgan fingerprint density at radius 2 is 1.78 bits per heavy atom. The van der Waals surface area contributed by atoms with E-state index in [2.05, 4.69) is 25.6 Å². The molecule has 192 valence electrons. The van der Waals surface area contributed by atoms with Gasteiger partial charge in [0.05, 0.1) is 18.3 Å². The van der Waals surface area contributed by atoms with Crippen LogP contribution in [-0.2, 0) is 4.79 Å². The van der Waals surface area contributed by atoms with Crippen molar-refractivity contribution in [3.05, 3.63) is 35.0 Å². The van der Waals surface area contributed by atoms with Crippen molar-refractivity contribution in [1.82, 2.24) is 19.5 Å². The minimum Gasteiger partial charge on any atom is -0.391 e. The summed E-state index contributed by atoms with van der Waals surface area (Å²) < 4.78 is 31.0. The van der Waals surface area contributed by atoms with Gasteiger partial charge in [-0.15, -0.1) is 0 Å². The lowest BCUT2D eigenvalue weighted by Crippen LogP contribution is -2.36. The molecule has 2 aliphatic carbocycles. The van der Waals surface area contributed by atoms with Crippen LogP contribution in [0.25, 0.3) is 11.2 Å². The van der Waals surface area contributed by atoms with Gasteiger partial charge >= 0.3 is 0 Å². The fourth-order valence-corrected chi connectivity index (χ4v) is 5.42. The number of halogens is 3. The molecule has 1 amide bonds. The lowest BCUT2D eigenvalue weighted by Gasteiger charge is -2.29. The minimum atomic E-state index is -0.851. The van der Waals surface area contributed by atoms with Crippen LogP contribution in [0.5, 0.6) is 0 Å². The molecular formula is C24H28ClF2N7O2. The second kappa shape index (κ2) is 10.1. The number of nitrogens with two attached hydrogens (primary N) is 1. The van der Waals surface area contributed by atoms with Gasteiger partial charge in [-0.2, -0.15) is 4.98 Å². The molecular weight excluding hydrogens is 492 g/mol.